The average molecular weight is 419 g/mol. The second kappa shape index (κ2) is 9.50. The maximum Gasteiger partial charge on any atom is 0.225 e. The molecule has 2 aromatic rings. The normalized spacial score (nSPS) is 18.9. The molecule has 156 valence electrons. The second-order valence-electron chi connectivity index (χ2n) is 7.42. The smallest absolute Gasteiger partial charge is 0.225 e. The van der Waals surface area contributed by atoms with Crippen molar-refractivity contribution >= 4 is 15.9 Å². The van der Waals surface area contributed by atoms with Gasteiger partial charge in [-0.25, -0.2) is 17.1 Å². The number of nitrogens with one attached hydrogen (secondary N) is 1. The maximum atomic E-state index is 13.4. The van der Waals surface area contributed by atoms with Crippen LogP contribution in [0.4, 0.5) is 4.39 Å². The predicted octanol–water partition coefficient (Wildman–Crippen LogP) is 3.48. The van der Waals surface area contributed by atoms with Crippen molar-refractivity contribution < 1.29 is 17.6 Å². The molecule has 1 saturated heterocycles. The Kier molecular flexibility index (Phi) is 7.03. The summed E-state index contributed by atoms with van der Waals surface area (Å²) in [7, 11) is -3.33. The standard InChI is InChI=1S/C22H27FN2O3S/c1-2-15-29(27,28)25-14-6-9-19(16-25)22(26)24-21(17-7-4-3-5-8-17)18-10-12-20(23)13-11-18/h3-5,7-8,10-13,19,21H,2,6,9,14-16H2,1H3,(H,24,26). The van der Waals surface area contributed by atoms with Crippen molar-refractivity contribution in [3.8, 4) is 0 Å². The summed E-state index contributed by atoms with van der Waals surface area (Å²) >= 11 is 0. The number of benzene rings is 2. The van der Waals surface area contributed by atoms with Crippen molar-refractivity contribution in [1.29, 1.82) is 0 Å². The van der Waals surface area contributed by atoms with Gasteiger partial charge in [-0.05, 0) is 42.5 Å². The van der Waals surface area contributed by atoms with E-state index in [0.717, 1.165) is 11.1 Å². The van der Waals surface area contributed by atoms with Crippen LogP contribution >= 0.6 is 0 Å². The Labute approximate surface area is 172 Å². The highest BCUT2D eigenvalue weighted by Gasteiger charge is 2.33. The Morgan fingerprint density at radius 2 is 1.79 bits per heavy atom. The van der Waals surface area contributed by atoms with Gasteiger partial charge in [0.15, 0.2) is 0 Å². The van der Waals surface area contributed by atoms with Crippen LogP contribution in [0.2, 0.25) is 0 Å². The van der Waals surface area contributed by atoms with Crippen LogP contribution in [0.15, 0.2) is 54.6 Å². The second-order valence-corrected chi connectivity index (χ2v) is 9.51. The molecule has 2 atom stereocenters. The van der Waals surface area contributed by atoms with Crippen LogP contribution in [0, 0.1) is 11.7 Å². The third-order valence-electron chi connectivity index (χ3n) is 5.23. The minimum absolute atomic E-state index is 0.101. The molecule has 1 aliphatic heterocycles. The molecule has 7 heteroatoms. The van der Waals surface area contributed by atoms with Gasteiger partial charge in [-0.3, -0.25) is 4.79 Å². The predicted molar refractivity (Wildman–Crippen MR) is 111 cm³/mol. The molecule has 0 radical (unpaired) electrons. The highest BCUT2D eigenvalue weighted by atomic mass is 32.2. The van der Waals surface area contributed by atoms with E-state index in [1.807, 2.05) is 37.3 Å². The first kappa shape index (κ1) is 21.5. The number of amides is 1. The summed E-state index contributed by atoms with van der Waals surface area (Å²) in [5, 5.41) is 3.06. The van der Waals surface area contributed by atoms with Crippen LogP contribution in [0.1, 0.15) is 43.4 Å². The summed E-state index contributed by atoms with van der Waals surface area (Å²) < 4.78 is 39.6. The van der Waals surface area contributed by atoms with E-state index in [1.165, 1.54) is 16.4 Å². The van der Waals surface area contributed by atoms with Crippen molar-refractivity contribution in [1.82, 2.24) is 9.62 Å². The fraction of sp³-hybridized carbons (Fsp3) is 0.409. The summed E-state index contributed by atoms with van der Waals surface area (Å²) in [6, 6.07) is 15.1. The van der Waals surface area contributed by atoms with E-state index in [9.17, 15) is 17.6 Å². The van der Waals surface area contributed by atoms with E-state index in [-0.39, 0.29) is 24.0 Å². The molecule has 29 heavy (non-hydrogen) atoms. The first-order chi connectivity index (χ1) is 13.9. The lowest BCUT2D eigenvalue weighted by Crippen LogP contribution is -2.46. The van der Waals surface area contributed by atoms with E-state index in [0.29, 0.717) is 25.8 Å². The minimum Gasteiger partial charge on any atom is -0.345 e. The molecule has 0 bridgehead atoms. The Balaban J connectivity index is 1.78. The van der Waals surface area contributed by atoms with Gasteiger partial charge < -0.3 is 5.32 Å². The van der Waals surface area contributed by atoms with Gasteiger partial charge in [0.05, 0.1) is 17.7 Å². The molecule has 2 unspecified atom stereocenters. The van der Waals surface area contributed by atoms with Gasteiger partial charge in [0, 0.05) is 13.1 Å². The SMILES string of the molecule is CCCS(=O)(=O)N1CCCC(C(=O)NC(c2ccccc2)c2ccc(F)cc2)C1. The molecule has 5 nitrogen and oxygen atoms in total. The molecule has 2 aromatic carbocycles. The van der Waals surface area contributed by atoms with Gasteiger partial charge in [0.1, 0.15) is 5.82 Å². The van der Waals surface area contributed by atoms with Gasteiger partial charge in [0.2, 0.25) is 15.9 Å². The van der Waals surface area contributed by atoms with E-state index in [1.54, 1.807) is 12.1 Å². The molecule has 0 spiro atoms. The average Bonchev–Trinajstić information content (AvgIpc) is 2.73. The number of carbonyl (C=O) groups excluding carboxylic acids is 1. The fourth-order valence-corrected chi connectivity index (χ4v) is 5.30. The number of sulfonamides is 1. The maximum absolute atomic E-state index is 13.4. The summed E-state index contributed by atoms with van der Waals surface area (Å²) in [4.78, 5) is 13.0. The number of carbonyl (C=O) groups is 1. The Morgan fingerprint density at radius 3 is 2.45 bits per heavy atom. The van der Waals surface area contributed by atoms with Crippen molar-refractivity contribution in [2.75, 3.05) is 18.8 Å². The molecule has 1 fully saturated rings. The monoisotopic (exact) mass is 418 g/mol. The highest BCUT2D eigenvalue weighted by Crippen LogP contribution is 2.25. The van der Waals surface area contributed by atoms with Gasteiger partial charge in [-0.1, -0.05) is 49.4 Å². The number of hydrogen-bond donors (Lipinski definition) is 1. The summed E-state index contributed by atoms with van der Waals surface area (Å²) in [6.07, 6.45) is 1.86. The van der Waals surface area contributed by atoms with Crippen LogP contribution < -0.4 is 5.32 Å². The molecular formula is C22H27FN2O3S. The van der Waals surface area contributed by atoms with Crippen LogP contribution in [0.25, 0.3) is 0 Å². The zero-order valence-corrected chi connectivity index (χ0v) is 17.4. The molecule has 0 aromatic heterocycles. The van der Waals surface area contributed by atoms with E-state index >= 15 is 0 Å². The van der Waals surface area contributed by atoms with Crippen molar-refractivity contribution in [3.63, 3.8) is 0 Å². The molecule has 1 amide bonds. The van der Waals surface area contributed by atoms with Crippen LogP contribution in [0.5, 0.6) is 0 Å². The zero-order valence-electron chi connectivity index (χ0n) is 16.6. The molecule has 1 aliphatic rings. The first-order valence-electron chi connectivity index (χ1n) is 9.99. The Morgan fingerprint density at radius 1 is 1.14 bits per heavy atom. The van der Waals surface area contributed by atoms with Crippen molar-refractivity contribution in [2.45, 2.75) is 32.2 Å². The number of piperidine rings is 1. The summed E-state index contributed by atoms with van der Waals surface area (Å²) in [5.41, 5.74) is 1.66. The lowest BCUT2D eigenvalue weighted by atomic mass is 9.95. The highest BCUT2D eigenvalue weighted by molar-refractivity contribution is 7.89. The van der Waals surface area contributed by atoms with Crippen molar-refractivity contribution in [3.05, 3.63) is 71.5 Å². The molecule has 0 aliphatic carbocycles. The quantitative estimate of drug-likeness (QED) is 0.749. The summed E-state index contributed by atoms with van der Waals surface area (Å²) in [6.45, 7) is 2.50. The van der Waals surface area contributed by atoms with E-state index < -0.39 is 22.0 Å². The fourth-order valence-electron chi connectivity index (χ4n) is 3.72. The zero-order chi connectivity index (χ0) is 20.9. The van der Waals surface area contributed by atoms with Crippen LogP contribution in [-0.4, -0.2) is 37.5 Å². The molecule has 1 heterocycles. The van der Waals surface area contributed by atoms with Gasteiger partial charge in [-0.2, -0.15) is 0 Å². The Bertz CT molecular complexity index is 917. The first-order valence-corrected chi connectivity index (χ1v) is 11.6. The lowest BCUT2D eigenvalue weighted by Gasteiger charge is -2.32. The van der Waals surface area contributed by atoms with Gasteiger partial charge in [-0.15, -0.1) is 0 Å². The molecule has 0 saturated carbocycles. The van der Waals surface area contributed by atoms with Crippen LogP contribution in [-0.2, 0) is 14.8 Å². The molecular weight excluding hydrogens is 391 g/mol. The van der Waals surface area contributed by atoms with E-state index in [4.69, 9.17) is 0 Å². The Hall–Kier alpha value is -2.25. The number of rotatable bonds is 7. The minimum atomic E-state index is -3.33. The van der Waals surface area contributed by atoms with Gasteiger partial charge >= 0.3 is 0 Å². The lowest BCUT2D eigenvalue weighted by molar-refractivity contribution is -0.126. The number of nitrogens with zero attached hydrogens (tertiary/aromatic N) is 1. The van der Waals surface area contributed by atoms with Crippen molar-refractivity contribution in [2.24, 2.45) is 5.92 Å². The van der Waals surface area contributed by atoms with Gasteiger partial charge in [0.25, 0.3) is 0 Å². The van der Waals surface area contributed by atoms with E-state index in [2.05, 4.69) is 5.32 Å². The third kappa shape index (κ3) is 5.42. The molecule has 1 N–H and O–H groups in total. The third-order valence-corrected chi connectivity index (χ3v) is 7.28. The molecule has 3 rings (SSSR count). The topological polar surface area (TPSA) is 66.5 Å². The summed E-state index contributed by atoms with van der Waals surface area (Å²) in [5.74, 6) is -0.818. The number of hydrogen-bond acceptors (Lipinski definition) is 3. The van der Waals surface area contributed by atoms with Crippen LogP contribution in [0.3, 0.4) is 0 Å². The number of halogens is 1. The largest absolute Gasteiger partial charge is 0.345 e.